The van der Waals surface area contributed by atoms with E-state index in [0.717, 1.165) is 11.1 Å². The van der Waals surface area contributed by atoms with E-state index in [2.05, 4.69) is 15.6 Å². The second-order valence-corrected chi connectivity index (χ2v) is 9.96. The van der Waals surface area contributed by atoms with Crippen LogP contribution in [0.25, 0.3) is 0 Å². The Morgan fingerprint density at radius 1 is 1.03 bits per heavy atom. The monoisotopic (exact) mass is 458 g/mol. The number of aromatic nitrogens is 2. The summed E-state index contributed by atoms with van der Waals surface area (Å²) in [6, 6.07) is 4.73. The van der Waals surface area contributed by atoms with E-state index in [4.69, 9.17) is 9.47 Å². The van der Waals surface area contributed by atoms with Gasteiger partial charge in [-0.05, 0) is 72.6 Å². The van der Waals surface area contributed by atoms with E-state index in [1.807, 2.05) is 32.0 Å². The van der Waals surface area contributed by atoms with Crippen LogP contribution < -0.4 is 10.6 Å². The third-order valence-electron chi connectivity index (χ3n) is 4.31. The fourth-order valence-corrected chi connectivity index (χ4v) is 2.84. The largest absolute Gasteiger partial charge is 0.444 e. The lowest BCUT2D eigenvalue weighted by Crippen LogP contribution is -2.47. The molecule has 0 aliphatic rings. The molecule has 9 nitrogen and oxygen atoms in total. The molecule has 9 heteroatoms. The van der Waals surface area contributed by atoms with Crippen molar-refractivity contribution in [2.75, 3.05) is 5.32 Å². The molecule has 2 amide bonds. The molecule has 0 spiro atoms. The Morgan fingerprint density at radius 2 is 1.67 bits per heavy atom. The topological polar surface area (TPSA) is 112 Å². The lowest BCUT2D eigenvalue weighted by atomic mass is 10.1. The summed E-state index contributed by atoms with van der Waals surface area (Å²) in [4.78, 5) is 42.0. The van der Waals surface area contributed by atoms with Crippen LogP contribution in [0.1, 0.15) is 58.4 Å². The first-order valence-electron chi connectivity index (χ1n) is 10.8. The Kier molecular flexibility index (Phi) is 7.89. The van der Waals surface area contributed by atoms with Crippen molar-refractivity contribution in [2.45, 2.75) is 79.1 Å². The summed E-state index contributed by atoms with van der Waals surface area (Å²) in [5.74, 6) is -0.429. The smallest absolute Gasteiger partial charge is 0.419 e. The van der Waals surface area contributed by atoms with Crippen molar-refractivity contribution in [3.8, 4) is 0 Å². The van der Waals surface area contributed by atoms with Crippen LogP contribution in [0.3, 0.4) is 0 Å². The number of benzene rings is 1. The first kappa shape index (κ1) is 25.9. The van der Waals surface area contributed by atoms with Crippen LogP contribution in [-0.2, 0) is 20.7 Å². The molecule has 0 aliphatic heterocycles. The number of ether oxygens (including phenoxy) is 2. The molecule has 1 heterocycles. The van der Waals surface area contributed by atoms with Gasteiger partial charge in [0.1, 0.15) is 23.6 Å². The van der Waals surface area contributed by atoms with Gasteiger partial charge in [0.25, 0.3) is 0 Å². The highest BCUT2D eigenvalue weighted by atomic mass is 16.6. The average molecular weight is 459 g/mol. The van der Waals surface area contributed by atoms with Crippen LogP contribution in [0.15, 0.2) is 30.7 Å². The van der Waals surface area contributed by atoms with Gasteiger partial charge in [0.05, 0.1) is 5.69 Å². The Balaban J connectivity index is 2.22. The zero-order chi connectivity index (χ0) is 25.0. The molecule has 2 N–H and O–H groups in total. The van der Waals surface area contributed by atoms with Crippen molar-refractivity contribution in [2.24, 2.45) is 0 Å². The number of aryl methyl sites for hydroxylation is 2. The number of nitrogens with one attached hydrogen (secondary N) is 2. The summed E-state index contributed by atoms with van der Waals surface area (Å²) < 4.78 is 11.8. The maximum atomic E-state index is 13.1. The van der Waals surface area contributed by atoms with Gasteiger partial charge in [0, 0.05) is 18.3 Å². The first-order valence-corrected chi connectivity index (χ1v) is 10.8. The maximum Gasteiger partial charge on any atom is 0.419 e. The summed E-state index contributed by atoms with van der Waals surface area (Å²) in [5.41, 5.74) is 1.57. The van der Waals surface area contributed by atoms with Crippen molar-refractivity contribution in [1.82, 2.24) is 14.9 Å². The predicted octanol–water partition coefficient (Wildman–Crippen LogP) is 4.36. The molecule has 2 rings (SSSR count). The van der Waals surface area contributed by atoms with Crippen molar-refractivity contribution in [1.29, 1.82) is 0 Å². The van der Waals surface area contributed by atoms with Crippen molar-refractivity contribution >= 4 is 23.8 Å². The first-order chi connectivity index (χ1) is 15.1. The Bertz CT molecular complexity index is 1010. The number of carbonyl (C=O) groups excluding carboxylic acids is 3. The van der Waals surface area contributed by atoms with Gasteiger partial charge in [0.15, 0.2) is 0 Å². The number of nitrogens with zero attached hydrogens (tertiary/aromatic N) is 2. The molecular weight excluding hydrogens is 424 g/mol. The molecule has 0 saturated heterocycles. The van der Waals surface area contributed by atoms with Crippen LogP contribution in [0, 0.1) is 13.8 Å². The van der Waals surface area contributed by atoms with Gasteiger partial charge in [-0.3, -0.25) is 4.79 Å². The summed E-state index contributed by atoms with van der Waals surface area (Å²) in [5, 5.41) is 5.48. The van der Waals surface area contributed by atoms with Crippen LogP contribution in [-0.4, -0.2) is 44.9 Å². The number of hydrogen-bond donors (Lipinski definition) is 2. The van der Waals surface area contributed by atoms with Gasteiger partial charge in [0.2, 0.25) is 5.91 Å². The van der Waals surface area contributed by atoms with Crippen LogP contribution >= 0.6 is 0 Å². The van der Waals surface area contributed by atoms with Crippen LogP contribution in [0.4, 0.5) is 15.3 Å². The number of imidazole rings is 1. The molecule has 0 bridgehead atoms. The molecule has 0 aliphatic carbocycles. The van der Waals surface area contributed by atoms with Gasteiger partial charge < -0.3 is 20.1 Å². The average Bonchev–Trinajstić information content (AvgIpc) is 3.10. The molecule has 1 aromatic carbocycles. The molecule has 1 unspecified atom stereocenters. The summed E-state index contributed by atoms with van der Waals surface area (Å²) >= 11 is 0. The van der Waals surface area contributed by atoms with E-state index in [0.29, 0.717) is 11.4 Å². The molecular formula is C24H34N4O5. The van der Waals surface area contributed by atoms with Crippen molar-refractivity contribution in [3.05, 3.63) is 47.5 Å². The Hall–Kier alpha value is -3.36. The van der Waals surface area contributed by atoms with E-state index < -0.39 is 35.3 Å². The summed E-state index contributed by atoms with van der Waals surface area (Å²) in [7, 11) is 0. The third-order valence-corrected chi connectivity index (χ3v) is 4.31. The second-order valence-electron chi connectivity index (χ2n) is 9.96. The van der Waals surface area contributed by atoms with Gasteiger partial charge in [-0.1, -0.05) is 12.1 Å². The van der Waals surface area contributed by atoms with Crippen LogP contribution in [0.2, 0.25) is 0 Å². The predicted molar refractivity (Wildman–Crippen MR) is 125 cm³/mol. The number of alkyl carbamates (subject to hydrolysis) is 1. The number of anilines is 1. The minimum atomic E-state index is -0.984. The molecule has 33 heavy (non-hydrogen) atoms. The van der Waals surface area contributed by atoms with E-state index in [1.54, 1.807) is 41.5 Å². The fraction of sp³-hybridized carbons (Fsp3) is 0.500. The quantitative estimate of drug-likeness (QED) is 0.689. The highest BCUT2D eigenvalue weighted by Gasteiger charge is 2.27. The minimum absolute atomic E-state index is 0.0474. The molecule has 1 aromatic heterocycles. The van der Waals surface area contributed by atoms with E-state index in [-0.39, 0.29) is 6.42 Å². The fourth-order valence-electron chi connectivity index (χ4n) is 2.84. The maximum absolute atomic E-state index is 13.1. The van der Waals surface area contributed by atoms with Crippen molar-refractivity contribution in [3.63, 3.8) is 0 Å². The normalized spacial score (nSPS) is 12.6. The second kappa shape index (κ2) is 10.1. The number of carbonyl (C=O) groups is 3. The lowest BCUT2D eigenvalue weighted by Gasteiger charge is -2.23. The van der Waals surface area contributed by atoms with Crippen LogP contribution in [0.5, 0.6) is 0 Å². The molecule has 180 valence electrons. The minimum Gasteiger partial charge on any atom is -0.444 e. The van der Waals surface area contributed by atoms with Gasteiger partial charge >= 0.3 is 12.2 Å². The highest BCUT2D eigenvalue weighted by molar-refractivity contribution is 5.97. The molecule has 2 aromatic rings. The molecule has 0 saturated carbocycles. The number of rotatable bonds is 5. The zero-order valence-corrected chi connectivity index (χ0v) is 20.6. The summed E-state index contributed by atoms with van der Waals surface area (Å²) in [6.07, 6.45) is 1.53. The Morgan fingerprint density at radius 3 is 2.27 bits per heavy atom. The van der Waals surface area contributed by atoms with E-state index in [9.17, 15) is 14.4 Å². The standard InChI is InChI=1S/C24H34N4O5/c1-15-9-10-16(2)18(11-15)26-20(29)19(27-21(30)32-23(3,4)5)12-17-13-28(14-25-17)22(31)33-24(6,7)8/h9-11,13-14,19H,12H2,1-8H3,(H,26,29)(H,27,30). The van der Waals surface area contributed by atoms with Gasteiger partial charge in [-0.2, -0.15) is 0 Å². The number of hydrogen-bond acceptors (Lipinski definition) is 6. The Labute approximate surface area is 194 Å². The highest BCUT2D eigenvalue weighted by Crippen LogP contribution is 2.17. The van der Waals surface area contributed by atoms with Gasteiger partial charge in [-0.15, -0.1) is 0 Å². The van der Waals surface area contributed by atoms with E-state index in [1.165, 1.54) is 17.1 Å². The number of amides is 2. The molecule has 0 radical (unpaired) electrons. The zero-order valence-electron chi connectivity index (χ0n) is 20.6. The third kappa shape index (κ3) is 8.59. The molecule has 0 fully saturated rings. The lowest BCUT2D eigenvalue weighted by molar-refractivity contribution is -0.118. The molecule has 1 atom stereocenters. The van der Waals surface area contributed by atoms with E-state index >= 15 is 0 Å². The summed E-state index contributed by atoms with van der Waals surface area (Å²) in [6.45, 7) is 14.3. The SMILES string of the molecule is Cc1ccc(C)c(NC(=O)C(Cc2cn(C(=O)OC(C)(C)C)cn2)NC(=O)OC(C)(C)C)c1. The van der Waals surface area contributed by atoms with Crippen molar-refractivity contribution < 1.29 is 23.9 Å². The van der Waals surface area contributed by atoms with Gasteiger partial charge in [-0.25, -0.2) is 19.1 Å².